The maximum atomic E-state index is 14.3. The van der Waals surface area contributed by atoms with Gasteiger partial charge in [-0.05, 0) is 37.6 Å². The molecule has 0 radical (unpaired) electrons. The second-order valence-electron chi connectivity index (χ2n) is 7.11. The minimum absolute atomic E-state index is 0.202. The van der Waals surface area contributed by atoms with Crippen molar-refractivity contribution in [2.75, 3.05) is 11.9 Å². The van der Waals surface area contributed by atoms with E-state index in [1.807, 2.05) is 19.1 Å². The fourth-order valence-electron chi connectivity index (χ4n) is 3.17. The number of aryl methyl sites for hydroxylation is 1. The average molecular weight is 397 g/mol. The number of Topliss-reactive ketones (excluding diaryl/α,β-unsaturated/α-hetero) is 1. The number of rotatable bonds is 5. The van der Waals surface area contributed by atoms with Crippen molar-refractivity contribution in [1.29, 1.82) is 0 Å². The molecule has 1 aliphatic heterocycles. The molecule has 2 N–H and O–H groups in total. The Morgan fingerprint density at radius 3 is 2.38 bits per heavy atom. The molecule has 1 aliphatic rings. The van der Waals surface area contributed by atoms with Gasteiger partial charge in [0.15, 0.2) is 5.78 Å². The van der Waals surface area contributed by atoms with Crippen LogP contribution in [0.25, 0.3) is 0 Å². The first-order valence-corrected chi connectivity index (χ1v) is 8.93. The average Bonchev–Trinajstić information content (AvgIpc) is 2.85. The van der Waals surface area contributed by atoms with Gasteiger partial charge in [0, 0.05) is 12.6 Å². The zero-order valence-electron chi connectivity index (χ0n) is 16.2. The third-order valence-electron chi connectivity index (χ3n) is 4.80. The van der Waals surface area contributed by atoms with Crippen LogP contribution < -0.4 is 10.6 Å². The number of carbonyl (C=O) groups is 4. The number of hydrogen-bond donors (Lipinski definition) is 2. The number of amides is 4. The molecule has 8 heteroatoms. The lowest BCUT2D eigenvalue weighted by Gasteiger charge is -2.22. The molecule has 0 spiro atoms. The van der Waals surface area contributed by atoms with Crippen LogP contribution in [0.3, 0.4) is 0 Å². The van der Waals surface area contributed by atoms with Crippen LogP contribution in [0.15, 0.2) is 42.5 Å². The van der Waals surface area contributed by atoms with Crippen molar-refractivity contribution < 1.29 is 23.6 Å². The van der Waals surface area contributed by atoms with Crippen molar-refractivity contribution in [2.45, 2.75) is 26.3 Å². The lowest BCUT2D eigenvalue weighted by Crippen LogP contribution is -2.41. The molecule has 0 aromatic heterocycles. The fourth-order valence-corrected chi connectivity index (χ4v) is 3.17. The molecular weight excluding hydrogens is 377 g/mol. The highest BCUT2D eigenvalue weighted by Gasteiger charge is 2.49. The van der Waals surface area contributed by atoms with Gasteiger partial charge in [-0.25, -0.2) is 9.18 Å². The number of urea groups is 1. The molecule has 1 saturated heterocycles. The van der Waals surface area contributed by atoms with E-state index in [2.05, 4.69) is 10.6 Å². The van der Waals surface area contributed by atoms with Crippen molar-refractivity contribution in [3.8, 4) is 0 Å². The van der Waals surface area contributed by atoms with Crippen LogP contribution in [0.1, 0.15) is 35.3 Å². The van der Waals surface area contributed by atoms with E-state index in [1.54, 1.807) is 19.1 Å². The van der Waals surface area contributed by atoms with Crippen molar-refractivity contribution >= 4 is 29.3 Å². The van der Waals surface area contributed by atoms with Crippen molar-refractivity contribution in [2.24, 2.45) is 0 Å². The van der Waals surface area contributed by atoms with E-state index < -0.39 is 35.6 Å². The maximum Gasteiger partial charge on any atom is 0.325 e. The minimum atomic E-state index is -1.31. The Balaban J connectivity index is 1.80. The molecule has 2 aromatic rings. The van der Waals surface area contributed by atoms with E-state index in [0.717, 1.165) is 16.5 Å². The smallest absolute Gasteiger partial charge is 0.325 e. The Labute approximate surface area is 166 Å². The van der Waals surface area contributed by atoms with E-state index in [0.29, 0.717) is 5.56 Å². The summed E-state index contributed by atoms with van der Waals surface area (Å²) in [4.78, 5) is 49.6. The molecule has 0 aliphatic carbocycles. The maximum absolute atomic E-state index is 14.3. The standard InChI is InChI=1S/C21H20FN3O4/c1-12-4-6-14(7-5-12)21(3)19(28)25(20(29)24-21)11-18(27)16-9-8-15(10-17(16)22)23-13(2)26/h4-10H,11H2,1-3H3,(H,23,26)(H,24,29)/t21-/m1/s1. The lowest BCUT2D eigenvalue weighted by molar-refractivity contribution is -0.130. The number of anilines is 1. The van der Waals surface area contributed by atoms with Crippen LogP contribution in [-0.2, 0) is 15.1 Å². The molecule has 1 heterocycles. The number of benzene rings is 2. The van der Waals surface area contributed by atoms with Crippen molar-refractivity contribution in [1.82, 2.24) is 10.2 Å². The van der Waals surface area contributed by atoms with Gasteiger partial charge in [0.25, 0.3) is 5.91 Å². The summed E-state index contributed by atoms with van der Waals surface area (Å²) in [6.07, 6.45) is 0. The van der Waals surface area contributed by atoms with Gasteiger partial charge in [-0.2, -0.15) is 0 Å². The number of nitrogens with zero attached hydrogens (tertiary/aromatic N) is 1. The molecule has 0 unspecified atom stereocenters. The Morgan fingerprint density at radius 2 is 1.79 bits per heavy atom. The first-order chi connectivity index (χ1) is 13.6. The third-order valence-corrected chi connectivity index (χ3v) is 4.80. The quantitative estimate of drug-likeness (QED) is 0.599. The molecule has 0 bridgehead atoms. The SMILES string of the molecule is CC(=O)Nc1ccc(C(=O)CN2C(=O)N[C@](C)(c3ccc(C)cc3)C2=O)c(F)c1. The molecule has 150 valence electrons. The van der Waals surface area contributed by atoms with E-state index in [-0.39, 0.29) is 17.2 Å². The molecule has 7 nitrogen and oxygen atoms in total. The van der Waals surface area contributed by atoms with Crippen LogP contribution >= 0.6 is 0 Å². The van der Waals surface area contributed by atoms with E-state index >= 15 is 0 Å². The number of halogens is 1. The van der Waals surface area contributed by atoms with Gasteiger partial charge >= 0.3 is 6.03 Å². The molecule has 2 aromatic carbocycles. The summed E-state index contributed by atoms with van der Waals surface area (Å²) in [7, 11) is 0. The highest BCUT2D eigenvalue weighted by atomic mass is 19.1. The monoisotopic (exact) mass is 397 g/mol. The second-order valence-corrected chi connectivity index (χ2v) is 7.11. The van der Waals surface area contributed by atoms with E-state index in [9.17, 15) is 23.6 Å². The van der Waals surface area contributed by atoms with Gasteiger partial charge in [-0.1, -0.05) is 29.8 Å². The predicted octanol–water partition coefficient (Wildman–Crippen LogP) is 2.74. The molecule has 4 amide bonds. The van der Waals surface area contributed by atoms with Gasteiger partial charge in [0.2, 0.25) is 5.91 Å². The van der Waals surface area contributed by atoms with Crippen LogP contribution in [0, 0.1) is 12.7 Å². The van der Waals surface area contributed by atoms with Crippen LogP contribution in [0.5, 0.6) is 0 Å². The normalized spacial score (nSPS) is 18.6. The summed E-state index contributed by atoms with van der Waals surface area (Å²) < 4.78 is 14.3. The number of ketones is 1. The highest BCUT2D eigenvalue weighted by Crippen LogP contribution is 2.29. The molecular formula is C21H20FN3O4. The Morgan fingerprint density at radius 1 is 1.14 bits per heavy atom. The van der Waals surface area contributed by atoms with Crippen molar-refractivity contribution in [3.63, 3.8) is 0 Å². The van der Waals surface area contributed by atoms with Crippen LogP contribution in [-0.4, -0.2) is 35.1 Å². The third kappa shape index (κ3) is 3.87. The molecule has 1 fully saturated rings. The van der Waals surface area contributed by atoms with E-state index in [4.69, 9.17) is 0 Å². The summed E-state index contributed by atoms with van der Waals surface area (Å²) in [5, 5.41) is 5.02. The fraction of sp³-hybridized carbons (Fsp3) is 0.238. The number of nitrogens with one attached hydrogen (secondary N) is 2. The Bertz CT molecular complexity index is 1020. The first kappa shape index (κ1) is 20.2. The van der Waals surface area contributed by atoms with Gasteiger partial charge in [0.1, 0.15) is 11.4 Å². The summed E-state index contributed by atoms with van der Waals surface area (Å²) >= 11 is 0. The number of carbonyl (C=O) groups excluding carboxylic acids is 4. The summed E-state index contributed by atoms with van der Waals surface area (Å²) in [6.45, 7) is 4.14. The van der Waals surface area contributed by atoms with Gasteiger partial charge in [0.05, 0.1) is 12.1 Å². The summed E-state index contributed by atoms with van der Waals surface area (Å²) in [5.41, 5.74) is 0.206. The minimum Gasteiger partial charge on any atom is -0.326 e. The van der Waals surface area contributed by atoms with Crippen LogP contribution in [0.2, 0.25) is 0 Å². The largest absolute Gasteiger partial charge is 0.326 e. The number of imide groups is 1. The zero-order valence-corrected chi connectivity index (χ0v) is 16.2. The Kier molecular flexibility index (Phi) is 5.19. The molecule has 0 saturated carbocycles. The topological polar surface area (TPSA) is 95.6 Å². The zero-order chi connectivity index (χ0) is 21.3. The first-order valence-electron chi connectivity index (χ1n) is 8.93. The molecule has 29 heavy (non-hydrogen) atoms. The lowest BCUT2D eigenvalue weighted by atomic mass is 9.91. The van der Waals surface area contributed by atoms with Crippen LogP contribution in [0.4, 0.5) is 14.9 Å². The second kappa shape index (κ2) is 7.46. The predicted molar refractivity (Wildman–Crippen MR) is 104 cm³/mol. The van der Waals surface area contributed by atoms with Gasteiger partial charge in [-0.15, -0.1) is 0 Å². The van der Waals surface area contributed by atoms with Gasteiger partial charge < -0.3 is 10.6 Å². The van der Waals surface area contributed by atoms with Crippen molar-refractivity contribution in [3.05, 3.63) is 65.0 Å². The molecule has 3 rings (SSSR count). The summed E-state index contributed by atoms with van der Waals surface area (Å²) in [6, 6.07) is 9.98. The number of hydrogen-bond acceptors (Lipinski definition) is 4. The van der Waals surface area contributed by atoms with Gasteiger partial charge in [-0.3, -0.25) is 19.3 Å². The molecule has 1 atom stereocenters. The van der Waals surface area contributed by atoms with E-state index in [1.165, 1.54) is 19.1 Å². The Hall–Kier alpha value is -3.55. The highest BCUT2D eigenvalue weighted by molar-refractivity contribution is 6.11. The summed E-state index contributed by atoms with van der Waals surface area (Å²) in [5.74, 6) is -2.55.